The van der Waals surface area contributed by atoms with E-state index in [0.717, 1.165) is 18.0 Å². The molecule has 16 heavy (non-hydrogen) atoms. The summed E-state index contributed by atoms with van der Waals surface area (Å²) in [5.41, 5.74) is 0.683. The third-order valence-corrected chi connectivity index (χ3v) is 2.37. The van der Waals surface area contributed by atoms with Gasteiger partial charge in [0.15, 0.2) is 0 Å². The first-order chi connectivity index (χ1) is 7.48. The maximum atomic E-state index is 12.5. The van der Waals surface area contributed by atoms with Gasteiger partial charge in [0.2, 0.25) is 0 Å². The van der Waals surface area contributed by atoms with Crippen LogP contribution in [0.3, 0.4) is 0 Å². The van der Waals surface area contributed by atoms with Crippen LogP contribution in [0.2, 0.25) is 0 Å². The highest BCUT2D eigenvalue weighted by Crippen LogP contribution is 2.31. The van der Waals surface area contributed by atoms with Crippen LogP contribution in [0.4, 0.5) is 13.2 Å². The van der Waals surface area contributed by atoms with Crippen LogP contribution in [0.25, 0.3) is 5.69 Å². The molecule has 0 radical (unpaired) electrons. The Balaban J connectivity index is 2.48. The Kier molecular flexibility index (Phi) is 2.50. The Labute approximate surface area is 91.1 Å². The SMILES string of the molecule is Cc1cc(C(F)(F)F)cn1-c1ccccc1. The molecule has 0 saturated heterocycles. The van der Waals surface area contributed by atoms with Crippen molar-refractivity contribution in [3.05, 3.63) is 53.9 Å². The van der Waals surface area contributed by atoms with Crippen molar-refractivity contribution in [3.63, 3.8) is 0 Å². The number of rotatable bonds is 1. The second-order valence-corrected chi connectivity index (χ2v) is 3.57. The summed E-state index contributed by atoms with van der Waals surface area (Å²) in [5, 5.41) is 0. The molecule has 0 saturated carbocycles. The number of alkyl halides is 3. The quantitative estimate of drug-likeness (QED) is 0.695. The van der Waals surface area contributed by atoms with Crippen LogP contribution in [-0.2, 0) is 6.18 Å². The molecule has 1 heterocycles. The lowest BCUT2D eigenvalue weighted by Crippen LogP contribution is -2.02. The minimum Gasteiger partial charge on any atom is -0.321 e. The fourth-order valence-corrected chi connectivity index (χ4v) is 1.59. The van der Waals surface area contributed by atoms with Gasteiger partial charge in [-0.25, -0.2) is 0 Å². The molecule has 0 aliphatic heterocycles. The predicted octanol–water partition coefficient (Wildman–Crippen LogP) is 3.80. The van der Waals surface area contributed by atoms with Crippen molar-refractivity contribution in [3.8, 4) is 5.69 Å². The van der Waals surface area contributed by atoms with E-state index in [1.165, 1.54) is 4.57 Å². The fraction of sp³-hybridized carbons (Fsp3) is 0.167. The number of benzene rings is 1. The fourth-order valence-electron chi connectivity index (χ4n) is 1.59. The van der Waals surface area contributed by atoms with Crippen LogP contribution in [0.5, 0.6) is 0 Å². The molecule has 84 valence electrons. The van der Waals surface area contributed by atoms with Gasteiger partial charge in [-0.05, 0) is 25.1 Å². The van der Waals surface area contributed by atoms with Gasteiger partial charge in [-0.3, -0.25) is 0 Å². The molecule has 0 aliphatic rings. The van der Waals surface area contributed by atoms with Crippen molar-refractivity contribution in [2.24, 2.45) is 0 Å². The maximum Gasteiger partial charge on any atom is 0.417 e. The summed E-state index contributed by atoms with van der Waals surface area (Å²) in [6, 6.07) is 10.1. The molecule has 1 aromatic carbocycles. The summed E-state index contributed by atoms with van der Waals surface area (Å²) < 4.78 is 39.0. The zero-order chi connectivity index (χ0) is 11.8. The first kappa shape index (κ1) is 10.8. The van der Waals surface area contributed by atoms with E-state index >= 15 is 0 Å². The molecular weight excluding hydrogens is 215 g/mol. The molecule has 0 bridgehead atoms. The van der Waals surface area contributed by atoms with Crippen LogP contribution < -0.4 is 0 Å². The minimum absolute atomic E-state index is 0.568. The monoisotopic (exact) mass is 225 g/mol. The average Bonchev–Trinajstić information content (AvgIpc) is 2.61. The summed E-state index contributed by atoms with van der Waals surface area (Å²) in [6.07, 6.45) is -3.17. The Morgan fingerprint density at radius 2 is 1.69 bits per heavy atom. The first-order valence-electron chi connectivity index (χ1n) is 4.80. The van der Waals surface area contributed by atoms with E-state index in [0.29, 0.717) is 5.69 Å². The molecule has 0 unspecified atom stereocenters. The highest BCUT2D eigenvalue weighted by molar-refractivity contribution is 5.37. The summed E-state index contributed by atoms with van der Waals surface area (Å²) in [4.78, 5) is 0. The van der Waals surface area contributed by atoms with Crippen LogP contribution in [0.1, 0.15) is 11.3 Å². The third-order valence-electron chi connectivity index (χ3n) is 2.37. The van der Waals surface area contributed by atoms with Gasteiger partial charge in [-0.15, -0.1) is 0 Å². The molecular formula is C12H10F3N. The van der Waals surface area contributed by atoms with E-state index in [4.69, 9.17) is 0 Å². The van der Waals surface area contributed by atoms with Crippen molar-refractivity contribution in [1.29, 1.82) is 0 Å². The lowest BCUT2D eigenvalue weighted by molar-refractivity contribution is -0.137. The normalized spacial score (nSPS) is 11.8. The van der Waals surface area contributed by atoms with Gasteiger partial charge < -0.3 is 4.57 Å². The van der Waals surface area contributed by atoms with Crippen molar-refractivity contribution >= 4 is 0 Å². The Hall–Kier alpha value is -1.71. The number of aromatic nitrogens is 1. The largest absolute Gasteiger partial charge is 0.417 e. The van der Waals surface area contributed by atoms with Crippen molar-refractivity contribution in [2.45, 2.75) is 13.1 Å². The highest BCUT2D eigenvalue weighted by Gasteiger charge is 2.32. The van der Waals surface area contributed by atoms with E-state index in [2.05, 4.69) is 0 Å². The van der Waals surface area contributed by atoms with Gasteiger partial charge in [0.25, 0.3) is 0 Å². The maximum absolute atomic E-state index is 12.5. The molecule has 0 spiro atoms. The average molecular weight is 225 g/mol. The molecule has 2 aromatic rings. The van der Waals surface area contributed by atoms with Crippen LogP contribution in [0.15, 0.2) is 42.6 Å². The summed E-state index contributed by atoms with van der Waals surface area (Å²) in [6.45, 7) is 1.66. The molecule has 0 fully saturated rings. The van der Waals surface area contributed by atoms with Crippen molar-refractivity contribution in [1.82, 2.24) is 4.57 Å². The minimum atomic E-state index is -4.29. The van der Waals surface area contributed by atoms with E-state index in [-0.39, 0.29) is 0 Å². The zero-order valence-electron chi connectivity index (χ0n) is 8.62. The molecule has 4 heteroatoms. The lowest BCUT2D eigenvalue weighted by atomic mass is 10.3. The van der Waals surface area contributed by atoms with Gasteiger partial charge in [0.05, 0.1) is 5.56 Å². The van der Waals surface area contributed by atoms with E-state index < -0.39 is 11.7 Å². The number of halogens is 3. The van der Waals surface area contributed by atoms with Gasteiger partial charge in [-0.2, -0.15) is 13.2 Å². The lowest BCUT2D eigenvalue weighted by Gasteiger charge is -2.05. The molecule has 2 rings (SSSR count). The van der Waals surface area contributed by atoms with Gasteiger partial charge in [-0.1, -0.05) is 18.2 Å². The van der Waals surface area contributed by atoms with Crippen molar-refractivity contribution in [2.75, 3.05) is 0 Å². The number of aryl methyl sites for hydroxylation is 1. The van der Waals surface area contributed by atoms with Gasteiger partial charge in [0.1, 0.15) is 0 Å². The highest BCUT2D eigenvalue weighted by atomic mass is 19.4. The second kappa shape index (κ2) is 3.70. The third kappa shape index (κ3) is 1.96. The predicted molar refractivity (Wildman–Crippen MR) is 55.5 cm³/mol. The van der Waals surface area contributed by atoms with E-state index in [1.54, 1.807) is 31.2 Å². The van der Waals surface area contributed by atoms with Crippen LogP contribution in [0, 0.1) is 6.92 Å². The smallest absolute Gasteiger partial charge is 0.321 e. The zero-order valence-corrected chi connectivity index (χ0v) is 8.62. The summed E-state index contributed by atoms with van der Waals surface area (Å²) in [5.74, 6) is 0. The van der Waals surface area contributed by atoms with Crippen LogP contribution in [-0.4, -0.2) is 4.57 Å². The molecule has 0 N–H and O–H groups in total. The first-order valence-corrected chi connectivity index (χ1v) is 4.80. The number of hydrogen-bond donors (Lipinski definition) is 0. The van der Waals surface area contributed by atoms with Crippen molar-refractivity contribution < 1.29 is 13.2 Å². The number of nitrogens with zero attached hydrogens (tertiary/aromatic N) is 1. The van der Waals surface area contributed by atoms with Crippen LogP contribution >= 0.6 is 0 Å². The molecule has 1 nitrogen and oxygen atoms in total. The van der Waals surface area contributed by atoms with E-state index in [9.17, 15) is 13.2 Å². The molecule has 0 amide bonds. The van der Waals surface area contributed by atoms with Gasteiger partial charge >= 0.3 is 6.18 Å². The number of hydrogen-bond acceptors (Lipinski definition) is 0. The molecule has 0 aliphatic carbocycles. The molecule has 1 aromatic heterocycles. The molecule has 0 atom stereocenters. The number of para-hydroxylation sites is 1. The summed E-state index contributed by atoms with van der Waals surface area (Å²) >= 11 is 0. The summed E-state index contributed by atoms with van der Waals surface area (Å²) in [7, 11) is 0. The Bertz CT molecular complexity index is 483. The topological polar surface area (TPSA) is 4.93 Å². The Morgan fingerprint density at radius 3 is 2.19 bits per heavy atom. The standard InChI is InChI=1S/C12H10F3N/c1-9-7-10(12(13,14)15)8-16(9)11-5-3-2-4-6-11/h2-8H,1H3. The van der Waals surface area contributed by atoms with E-state index in [1.807, 2.05) is 6.07 Å². The van der Waals surface area contributed by atoms with Gasteiger partial charge in [0, 0.05) is 17.6 Å². The second-order valence-electron chi connectivity index (χ2n) is 3.57. The Morgan fingerprint density at radius 1 is 1.06 bits per heavy atom.